The number of methoxy groups -OCH3 is 1. The topological polar surface area (TPSA) is 55.6 Å². The average molecular weight is 278 g/mol. The summed E-state index contributed by atoms with van der Waals surface area (Å²) in [4.78, 5) is 14.3. The number of hydrogen-bond donors (Lipinski definition) is 1. The average Bonchev–Trinajstić information content (AvgIpc) is 2.46. The van der Waals surface area contributed by atoms with Crippen LogP contribution in [0.3, 0.4) is 0 Å². The molecular formula is C16H26N2O2. The zero-order chi connectivity index (χ0) is 15.0. The molecule has 1 aromatic carbocycles. The molecule has 0 bridgehead atoms. The number of carbonyl (C=O) groups excluding carboxylic acids is 1. The van der Waals surface area contributed by atoms with Gasteiger partial charge in [-0.15, -0.1) is 0 Å². The van der Waals surface area contributed by atoms with Crippen molar-refractivity contribution < 1.29 is 9.53 Å². The van der Waals surface area contributed by atoms with Crippen LogP contribution in [0.1, 0.15) is 31.7 Å². The molecule has 0 spiro atoms. The maximum Gasteiger partial charge on any atom is 0.227 e. The lowest BCUT2D eigenvalue weighted by molar-refractivity contribution is -0.119. The lowest BCUT2D eigenvalue weighted by Gasteiger charge is -2.25. The third kappa shape index (κ3) is 4.94. The first-order valence-corrected chi connectivity index (χ1v) is 7.19. The maximum atomic E-state index is 12.5. The number of para-hydroxylation sites is 1. The van der Waals surface area contributed by atoms with E-state index in [9.17, 15) is 4.79 Å². The molecular weight excluding hydrogens is 252 g/mol. The van der Waals surface area contributed by atoms with Gasteiger partial charge in [-0.05, 0) is 44.9 Å². The lowest BCUT2D eigenvalue weighted by atomic mass is 10.1. The number of hydrogen-bond acceptors (Lipinski definition) is 3. The van der Waals surface area contributed by atoms with Crippen LogP contribution >= 0.6 is 0 Å². The van der Waals surface area contributed by atoms with Crippen LogP contribution in [0.15, 0.2) is 24.3 Å². The van der Waals surface area contributed by atoms with Crippen LogP contribution in [-0.4, -0.2) is 32.2 Å². The molecule has 0 aliphatic carbocycles. The predicted octanol–water partition coefficient (Wildman–Crippen LogP) is 2.49. The van der Waals surface area contributed by atoms with E-state index in [2.05, 4.69) is 0 Å². The SMILES string of the molecule is COC(C)CCC(=O)N(CCCN)c1ccccc1C. The van der Waals surface area contributed by atoms with Gasteiger partial charge < -0.3 is 15.4 Å². The molecule has 0 aliphatic rings. The molecule has 0 heterocycles. The van der Waals surface area contributed by atoms with Crippen molar-refractivity contribution in [2.45, 2.75) is 39.2 Å². The summed E-state index contributed by atoms with van der Waals surface area (Å²) in [5, 5.41) is 0. The summed E-state index contributed by atoms with van der Waals surface area (Å²) in [6, 6.07) is 7.96. The number of nitrogens with two attached hydrogens (primary N) is 1. The molecule has 1 amide bonds. The van der Waals surface area contributed by atoms with Crippen molar-refractivity contribution in [3.63, 3.8) is 0 Å². The van der Waals surface area contributed by atoms with Gasteiger partial charge in [-0.25, -0.2) is 0 Å². The Morgan fingerprint density at radius 2 is 2.10 bits per heavy atom. The third-order valence-corrected chi connectivity index (χ3v) is 3.46. The molecule has 0 aromatic heterocycles. The highest BCUT2D eigenvalue weighted by Gasteiger charge is 2.17. The van der Waals surface area contributed by atoms with Crippen molar-refractivity contribution in [3.8, 4) is 0 Å². The highest BCUT2D eigenvalue weighted by Crippen LogP contribution is 2.21. The fourth-order valence-electron chi connectivity index (χ4n) is 2.07. The third-order valence-electron chi connectivity index (χ3n) is 3.46. The summed E-state index contributed by atoms with van der Waals surface area (Å²) < 4.78 is 5.20. The second-order valence-electron chi connectivity index (χ2n) is 5.06. The Morgan fingerprint density at radius 1 is 1.40 bits per heavy atom. The van der Waals surface area contributed by atoms with Crippen LogP contribution in [0.5, 0.6) is 0 Å². The minimum Gasteiger partial charge on any atom is -0.382 e. The number of aryl methyl sites for hydroxylation is 1. The highest BCUT2D eigenvalue weighted by molar-refractivity contribution is 5.94. The number of nitrogens with zero attached hydrogens (tertiary/aromatic N) is 1. The molecule has 20 heavy (non-hydrogen) atoms. The molecule has 0 fully saturated rings. The fourth-order valence-corrected chi connectivity index (χ4v) is 2.07. The smallest absolute Gasteiger partial charge is 0.227 e. The van der Waals surface area contributed by atoms with Crippen LogP contribution in [0, 0.1) is 6.92 Å². The summed E-state index contributed by atoms with van der Waals surface area (Å²) >= 11 is 0. The molecule has 4 nitrogen and oxygen atoms in total. The van der Waals surface area contributed by atoms with Gasteiger partial charge in [0.1, 0.15) is 0 Å². The molecule has 1 aromatic rings. The number of amides is 1. The van der Waals surface area contributed by atoms with Crippen molar-refractivity contribution in [3.05, 3.63) is 29.8 Å². The van der Waals surface area contributed by atoms with Gasteiger partial charge in [0.15, 0.2) is 0 Å². The normalized spacial score (nSPS) is 12.2. The summed E-state index contributed by atoms with van der Waals surface area (Å²) in [6.07, 6.45) is 2.14. The molecule has 112 valence electrons. The zero-order valence-electron chi connectivity index (χ0n) is 12.8. The Labute approximate surface area is 121 Å². The van der Waals surface area contributed by atoms with Gasteiger partial charge in [-0.3, -0.25) is 4.79 Å². The van der Waals surface area contributed by atoms with Gasteiger partial charge in [0.2, 0.25) is 5.91 Å². The minimum absolute atomic E-state index is 0.104. The van der Waals surface area contributed by atoms with Crippen molar-refractivity contribution in [2.24, 2.45) is 5.73 Å². The van der Waals surface area contributed by atoms with Gasteiger partial charge in [0.25, 0.3) is 0 Å². The van der Waals surface area contributed by atoms with Gasteiger partial charge in [-0.1, -0.05) is 18.2 Å². The highest BCUT2D eigenvalue weighted by atomic mass is 16.5. The second kappa shape index (κ2) is 8.72. The van der Waals surface area contributed by atoms with E-state index in [0.29, 0.717) is 19.5 Å². The molecule has 0 radical (unpaired) electrons. The first-order chi connectivity index (χ1) is 9.60. The number of anilines is 1. The molecule has 0 saturated heterocycles. The largest absolute Gasteiger partial charge is 0.382 e. The quantitative estimate of drug-likeness (QED) is 0.795. The first kappa shape index (κ1) is 16.7. The van der Waals surface area contributed by atoms with Crippen LogP contribution in [0.2, 0.25) is 0 Å². The van der Waals surface area contributed by atoms with Crippen molar-refractivity contribution in [1.29, 1.82) is 0 Å². The number of ether oxygens (including phenoxy) is 1. The van der Waals surface area contributed by atoms with Crippen LogP contribution in [0.25, 0.3) is 0 Å². The summed E-state index contributed by atoms with van der Waals surface area (Å²) in [5.74, 6) is 0.136. The fraction of sp³-hybridized carbons (Fsp3) is 0.562. The van der Waals surface area contributed by atoms with E-state index in [-0.39, 0.29) is 12.0 Å². The van der Waals surface area contributed by atoms with E-state index in [0.717, 1.165) is 24.1 Å². The van der Waals surface area contributed by atoms with Gasteiger partial charge in [-0.2, -0.15) is 0 Å². The monoisotopic (exact) mass is 278 g/mol. The van der Waals surface area contributed by atoms with E-state index < -0.39 is 0 Å². The van der Waals surface area contributed by atoms with E-state index >= 15 is 0 Å². The molecule has 1 unspecified atom stereocenters. The summed E-state index contributed by atoms with van der Waals surface area (Å²) in [7, 11) is 1.67. The van der Waals surface area contributed by atoms with Crippen LogP contribution < -0.4 is 10.6 Å². The first-order valence-electron chi connectivity index (χ1n) is 7.19. The molecule has 2 N–H and O–H groups in total. The molecule has 0 saturated carbocycles. The van der Waals surface area contributed by atoms with Crippen molar-refractivity contribution >= 4 is 11.6 Å². The van der Waals surface area contributed by atoms with Gasteiger partial charge in [0.05, 0.1) is 6.10 Å². The summed E-state index contributed by atoms with van der Waals surface area (Å²) in [6.45, 7) is 5.26. The second-order valence-corrected chi connectivity index (χ2v) is 5.06. The maximum absolute atomic E-state index is 12.5. The Bertz CT molecular complexity index is 421. The van der Waals surface area contributed by atoms with E-state index in [1.165, 1.54) is 0 Å². The molecule has 4 heteroatoms. The Balaban J connectivity index is 2.78. The number of carbonyl (C=O) groups is 1. The lowest BCUT2D eigenvalue weighted by Crippen LogP contribution is -2.33. The zero-order valence-corrected chi connectivity index (χ0v) is 12.8. The Kier molecular flexibility index (Phi) is 7.26. The van der Waals surface area contributed by atoms with Crippen LogP contribution in [0.4, 0.5) is 5.69 Å². The van der Waals surface area contributed by atoms with E-state index in [4.69, 9.17) is 10.5 Å². The predicted molar refractivity (Wildman–Crippen MR) is 82.9 cm³/mol. The molecule has 1 rings (SSSR count). The Morgan fingerprint density at radius 3 is 2.70 bits per heavy atom. The molecule has 0 aliphatic heterocycles. The standard InChI is InChI=1S/C16H26N2O2/c1-13-7-4-5-8-15(13)18(12-6-11-17)16(19)10-9-14(2)20-3/h4-5,7-8,14H,6,9-12,17H2,1-3H3. The van der Waals surface area contributed by atoms with Gasteiger partial charge >= 0.3 is 0 Å². The van der Waals surface area contributed by atoms with E-state index in [1.807, 2.05) is 43.0 Å². The Hall–Kier alpha value is -1.39. The summed E-state index contributed by atoms with van der Waals surface area (Å²) in [5.41, 5.74) is 7.67. The van der Waals surface area contributed by atoms with Gasteiger partial charge in [0, 0.05) is 25.8 Å². The van der Waals surface area contributed by atoms with Crippen molar-refractivity contribution in [1.82, 2.24) is 0 Å². The number of benzene rings is 1. The van der Waals surface area contributed by atoms with E-state index in [1.54, 1.807) is 7.11 Å². The number of rotatable bonds is 8. The van der Waals surface area contributed by atoms with Crippen LogP contribution in [-0.2, 0) is 9.53 Å². The van der Waals surface area contributed by atoms with Crippen molar-refractivity contribution in [2.75, 3.05) is 25.1 Å². The minimum atomic E-state index is 0.104. The molecule has 1 atom stereocenters.